The van der Waals surface area contributed by atoms with Crippen LogP contribution < -0.4 is 5.32 Å². The molecule has 1 saturated heterocycles. The molecule has 1 unspecified atom stereocenters. The lowest BCUT2D eigenvalue weighted by Crippen LogP contribution is -2.52. The van der Waals surface area contributed by atoms with E-state index >= 15 is 0 Å². The molecule has 0 amide bonds. The number of ketones is 1. The van der Waals surface area contributed by atoms with Gasteiger partial charge in [0.2, 0.25) is 0 Å². The Morgan fingerprint density at radius 1 is 1.33 bits per heavy atom. The Bertz CT molecular complexity index is 452. The molecule has 1 N–H and O–H groups in total. The van der Waals surface area contributed by atoms with Crippen LogP contribution in [-0.4, -0.2) is 17.9 Å². The summed E-state index contributed by atoms with van der Waals surface area (Å²) in [5, 5.41) is 3.25. The molecule has 1 aromatic carbocycles. The van der Waals surface area contributed by atoms with Crippen LogP contribution in [0, 0.1) is 19.7 Å². The van der Waals surface area contributed by atoms with Crippen molar-refractivity contribution < 1.29 is 9.18 Å². The monoisotopic (exact) mass is 249 g/mol. The molecule has 0 bridgehead atoms. The SMILES string of the molecule is Cc1cc(C)c(C(=O)C2(C)CCCCN2)c(F)c1. The fourth-order valence-corrected chi connectivity index (χ4v) is 2.73. The Balaban J connectivity index is 2.39. The molecule has 0 saturated carbocycles. The molecule has 0 spiro atoms. The second kappa shape index (κ2) is 4.81. The predicted octanol–water partition coefficient (Wildman–Crippen LogP) is 3.16. The van der Waals surface area contributed by atoms with Gasteiger partial charge in [0.25, 0.3) is 0 Å². The van der Waals surface area contributed by atoms with E-state index in [9.17, 15) is 9.18 Å². The number of aryl methyl sites for hydroxylation is 2. The minimum absolute atomic E-state index is 0.114. The number of hydrogen-bond donors (Lipinski definition) is 1. The maximum atomic E-state index is 14.0. The van der Waals surface area contributed by atoms with Gasteiger partial charge in [-0.3, -0.25) is 4.79 Å². The lowest BCUT2D eigenvalue weighted by molar-refractivity contribution is 0.0829. The van der Waals surface area contributed by atoms with Crippen LogP contribution in [0.5, 0.6) is 0 Å². The van der Waals surface area contributed by atoms with Crippen molar-refractivity contribution in [3.63, 3.8) is 0 Å². The van der Waals surface area contributed by atoms with Crippen LogP contribution in [0.3, 0.4) is 0 Å². The summed E-state index contributed by atoms with van der Waals surface area (Å²) in [6.45, 7) is 6.35. The topological polar surface area (TPSA) is 29.1 Å². The van der Waals surface area contributed by atoms with Gasteiger partial charge < -0.3 is 5.32 Å². The molecule has 1 aromatic rings. The van der Waals surface area contributed by atoms with E-state index < -0.39 is 11.4 Å². The van der Waals surface area contributed by atoms with E-state index in [0.29, 0.717) is 0 Å². The Morgan fingerprint density at radius 3 is 2.61 bits per heavy atom. The van der Waals surface area contributed by atoms with E-state index in [4.69, 9.17) is 0 Å². The third kappa shape index (κ3) is 2.32. The minimum Gasteiger partial charge on any atom is -0.305 e. The molecule has 1 fully saturated rings. The van der Waals surface area contributed by atoms with Gasteiger partial charge in [-0.1, -0.05) is 6.07 Å². The van der Waals surface area contributed by atoms with Crippen LogP contribution >= 0.6 is 0 Å². The highest BCUT2D eigenvalue weighted by Crippen LogP contribution is 2.27. The summed E-state index contributed by atoms with van der Waals surface area (Å²) in [6.07, 6.45) is 2.87. The van der Waals surface area contributed by atoms with Crippen LogP contribution in [0.4, 0.5) is 4.39 Å². The maximum absolute atomic E-state index is 14.0. The van der Waals surface area contributed by atoms with Gasteiger partial charge in [0, 0.05) is 0 Å². The van der Waals surface area contributed by atoms with E-state index in [1.807, 2.05) is 19.9 Å². The van der Waals surface area contributed by atoms with Gasteiger partial charge in [0.15, 0.2) is 5.78 Å². The van der Waals surface area contributed by atoms with Crippen molar-refractivity contribution >= 4 is 5.78 Å². The van der Waals surface area contributed by atoms with Crippen molar-refractivity contribution in [2.75, 3.05) is 6.54 Å². The first kappa shape index (κ1) is 13.2. The molecule has 2 rings (SSSR count). The molecule has 0 radical (unpaired) electrons. The molecular formula is C15H20FNO. The minimum atomic E-state index is -0.612. The van der Waals surface area contributed by atoms with Gasteiger partial charge in [-0.05, 0) is 63.8 Å². The molecule has 1 aliphatic rings. The van der Waals surface area contributed by atoms with Gasteiger partial charge in [-0.2, -0.15) is 0 Å². The highest BCUT2D eigenvalue weighted by atomic mass is 19.1. The summed E-state index contributed by atoms with van der Waals surface area (Å²) in [5.41, 5.74) is 1.21. The molecule has 0 aromatic heterocycles. The van der Waals surface area contributed by atoms with E-state index in [1.165, 1.54) is 6.07 Å². The molecule has 98 valence electrons. The van der Waals surface area contributed by atoms with Crippen LogP contribution in [0.15, 0.2) is 12.1 Å². The summed E-state index contributed by atoms with van der Waals surface area (Å²) in [7, 11) is 0. The van der Waals surface area contributed by atoms with Crippen molar-refractivity contribution in [2.45, 2.75) is 45.6 Å². The van der Waals surface area contributed by atoms with Crippen LogP contribution in [0.1, 0.15) is 47.7 Å². The highest BCUT2D eigenvalue weighted by Gasteiger charge is 2.36. The molecule has 1 heterocycles. The summed E-state index contributed by atoms with van der Waals surface area (Å²) < 4.78 is 14.0. The fourth-order valence-electron chi connectivity index (χ4n) is 2.73. The second-order valence-corrected chi connectivity index (χ2v) is 5.48. The molecule has 18 heavy (non-hydrogen) atoms. The number of nitrogens with one attached hydrogen (secondary N) is 1. The van der Waals surface area contributed by atoms with Crippen LogP contribution in [-0.2, 0) is 0 Å². The summed E-state index contributed by atoms with van der Waals surface area (Å²) in [5.74, 6) is -0.511. The number of piperidine rings is 1. The zero-order valence-corrected chi connectivity index (χ0v) is 11.3. The quantitative estimate of drug-likeness (QED) is 0.816. The molecule has 3 heteroatoms. The molecule has 1 atom stereocenters. The smallest absolute Gasteiger partial charge is 0.185 e. The standard InChI is InChI=1S/C15H20FNO/c1-10-8-11(2)13(12(16)9-10)14(18)15(3)6-4-5-7-17-15/h8-9,17H,4-7H2,1-3H3. The Morgan fingerprint density at radius 2 is 2.06 bits per heavy atom. The van der Waals surface area contributed by atoms with Crippen LogP contribution in [0.2, 0.25) is 0 Å². The molecule has 1 aliphatic heterocycles. The molecule has 0 aliphatic carbocycles. The number of rotatable bonds is 2. The second-order valence-electron chi connectivity index (χ2n) is 5.48. The van der Waals surface area contributed by atoms with E-state index in [0.717, 1.165) is 36.9 Å². The average Bonchev–Trinajstić information content (AvgIpc) is 2.28. The molecule has 2 nitrogen and oxygen atoms in total. The Kier molecular flexibility index (Phi) is 3.53. The van der Waals surface area contributed by atoms with Crippen molar-refractivity contribution in [1.29, 1.82) is 0 Å². The predicted molar refractivity (Wildman–Crippen MR) is 70.5 cm³/mol. The van der Waals surface area contributed by atoms with Gasteiger partial charge in [-0.15, -0.1) is 0 Å². The van der Waals surface area contributed by atoms with Gasteiger partial charge in [-0.25, -0.2) is 4.39 Å². The Hall–Kier alpha value is -1.22. The fraction of sp³-hybridized carbons (Fsp3) is 0.533. The third-order valence-electron chi connectivity index (χ3n) is 3.78. The van der Waals surface area contributed by atoms with Crippen molar-refractivity contribution in [3.8, 4) is 0 Å². The highest BCUT2D eigenvalue weighted by molar-refractivity contribution is 6.04. The lowest BCUT2D eigenvalue weighted by Gasteiger charge is -2.34. The number of benzene rings is 1. The zero-order chi connectivity index (χ0) is 13.3. The largest absolute Gasteiger partial charge is 0.305 e. The average molecular weight is 249 g/mol. The van der Waals surface area contributed by atoms with E-state index in [-0.39, 0.29) is 11.3 Å². The Labute approximate surface area is 108 Å². The summed E-state index contributed by atoms with van der Waals surface area (Å²) in [6, 6.07) is 3.30. The van der Waals surface area contributed by atoms with Crippen LogP contribution in [0.25, 0.3) is 0 Å². The number of halogens is 1. The normalized spacial score (nSPS) is 24.0. The van der Waals surface area contributed by atoms with Crippen molar-refractivity contribution in [1.82, 2.24) is 5.32 Å². The number of hydrogen-bond acceptors (Lipinski definition) is 2. The number of carbonyl (C=O) groups excluding carboxylic acids is 1. The van der Waals surface area contributed by atoms with Gasteiger partial charge in [0.05, 0.1) is 11.1 Å². The number of carbonyl (C=O) groups is 1. The summed E-state index contributed by atoms with van der Waals surface area (Å²) in [4.78, 5) is 12.6. The third-order valence-corrected chi connectivity index (χ3v) is 3.78. The first-order chi connectivity index (χ1) is 8.44. The first-order valence-electron chi connectivity index (χ1n) is 6.50. The van der Waals surface area contributed by atoms with Gasteiger partial charge in [0.1, 0.15) is 5.82 Å². The lowest BCUT2D eigenvalue weighted by atomic mass is 9.82. The summed E-state index contributed by atoms with van der Waals surface area (Å²) >= 11 is 0. The molecular weight excluding hydrogens is 229 g/mol. The van der Waals surface area contributed by atoms with E-state index in [2.05, 4.69) is 5.32 Å². The van der Waals surface area contributed by atoms with Crippen molar-refractivity contribution in [2.24, 2.45) is 0 Å². The van der Waals surface area contributed by atoms with Crippen molar-refractivity contribution in [3.05, 3.63) is 34.6 Å². The number of Topliss-reactive ketones (excluding diaryl/α,β-unsaturated/α-hetero) is 1. The van der Waals surface area contributed by atoms with Gasteiger partial charge >= 0.3 is 0 Å². The maximum Gasteiger partial charge on any atom is 0.185 e. The zero-order valence-electron chi connectivity index (χ0n) is 11.3. The first-order valence-corrected chi connectivity index (χ1v) is 6.50. The van der Waals surface area contributed by atoms with E-state index in [1.54, 1.807) is 6.92 Å².